The third-order valence-corrected chi connectivity index (χ3v) is 2.24. The molecule has 0 aromatic rings. The Morgan fingerprint density at radius 3 is 2.69 bits per heavy atom. The fourth-order valence-corrected chi connectivity index (χ4v) is 1.39. The predicted molar refractivity (Wildman–Crippen MR) is 52.3 cm³/mol. The molecule has 0 saturated carbocycles. The Hall–Kier alpha value is -0.790. The molecule has 74 valence electrons. The summed E-state index contributed by atoms with van der Waals surface area (Å²) >= 11 is 0. The lowest BCUT2D eigenvalue weighted by atomic mass is 9.97. The lowest BCUT2D eigenvalue weighted by molar-refractivity contribution is -0.116. The van der Waals surface area contributed by atoms with Gasteiger partial charge < -0.3 is 4.74 Å². The van der Waals surface area contributed by atoms with Crippen molar-refractivity contribution in [2.75, 3.05) is 6.61 Å². The summed E-state index contributed by atoms with van der Waals surface area (Å²) in [6.07, 6.45) is 2.58. The summed E-state index contributed by atoms with van der Waals surface area (Å²) in [4.78, 5) is 11.3. The number of ketones is 1. The van der Waals surface area contributed by atoms with Crippen LogP contribution in [-0.4, -0.2) is 12.4 Å². The van der Waals surface area contributed by atoms with Crippen molar-refractivity contribution in [2.24, 2.45) is 5.92 Å². The van der Waals surface area contributed by atoms with Gasteiger partial charge in [0, 0.05) is 18.4 Å². The van der Waals surface area contributed by atoms with Crippen LogP contribution in [0.3, 0.4) is 0 Å². The highest BCUT2D eigenvalue weighted by Gasteiger charge is 2.17. The first-order valence-electron chi connectivity index (χ1n) is 4.97. The molecule has 13 heavy (non-hydrogen) atoms. The van der Waals surface area contributed by atoms with Gasteiger partial charge in [0.15, 0.2) is 5.78 Å². The predicted octanol–water partition coefficient (Wildman–Crippen LogP) is 2.69. The van der Waals surface area contributed by atoms with Gasteiger partial charge in [-0.25, -0.2) is 0 Å². The molecule has 0 amide bonds. The van der Waals surface area contributed by atoms with E-state index in [-0.39, 0.29) is 5.78 Å². The van der Waals surface area contributed by atoms with Gasteiger partial charge in [0.2, 0.25) is 0 Å². The number of hydrogen-bond donors (Lipinski definition) is 0. The Kier molecular flexibility index (Phi) is 3.52. The minimum atomic E-state index is 0.255. The van der Waals surface area contributed by atoms with Crippen molar-refractivity contribution in [3.63, 3.8) is 0 Å². The van der Waals surface area contributed by atoms with Crippen LogP contribution < -0.4 is 0 Å². The number of Topliss-reactive ketones (excluding diaryl/α,β-unsaturated/α-hetero) is 1. The fraction of sp³-hybridized carbons (Fsp3) is 0.727. The molecule has 0 saturated heterocycles. The van der Waals surface area contributed by atoms with Crippen LogP contribution in [-0.2, 0) is 9.53 Å². The van der Waals surface area contributed by atoms with Gasteiger partial charge in [-0.2, -0.15) is 0 Å². The van der Waals surface area contributed by atoms with Crippen molar-refractivity contribution in [3.8, 4) is 0 Å². The molecule has 0 heterocycles. The second kappa shape index (κ2) is 4.45. The van der Waals surface area contributed by atoms with Gasteiger partial charge in [0.05, 0.1) is 6.61 Å². The molecule has 0 aromatic carbocycles. The normalized spacial score (nSPS) is 18.3. The van der Waals surface area contributed by atoms with Crippen molar-refractivity contribution in [1.82, 2.24) is 0 Å². The molecule has 0 bridgehead atoms. The van der Waals surface area contributed by atoms with Gasteiger partial charge >= 0.3 is 0 Å². The summed E-state index contributed by atoms with van der Waals surface area (Å²) in [6.45, 7) is 6.82. The summed E-state index contributed by atoms with van der Waals surface area (Å²) in [5.74, 6) is 1.70. The molecule has 0 fully saturated rings. The second-order valence-electron chi connectivity index (χ2n) is 4.03. The molecule has 0 N–H and O–H groups in total. The lowest BCUT2D eigenvalue weighted by Crippen LogP contribution is -2.13. The molecule has 2 nitrogen and oxygen atoms in total. The molecule has 0 spiro atoms. The molecule has 0 radical (unpaired) electrons. The van der Waals surface area contributed by atoms with E-state index in [0.717, 1.165) is 30.8 Å². The first-order chi connectivity index (χ1) is 6.11. The van der Waals surface area contributed by atoms with Crippen LogP contribution in [0.15, 0.2) is 11.3 Å². The highest BCUT2D eigenvalue weighted by Crippen LogP contribution is 2.22. The Labute approximate surface area is 80.0 Å². The Balaban J connectivity index is 2.56. The van der Waals surface area contributed by atoms with Crippen molar-refractivity contribution < 1.29 is 9.53 Å². The van der Waals surface area contributed by atoms with E-state index in [9.17, 15) is 4.79 Å². The molecular weight excluding hydrogens is 164 g/mol. The fourth-order valence-electron chi connectivity index (χ4n) is 1.39. The number of rotatable bonds is 3. The van der Waals surface area contributed by atoms with Gasteiger partial charge in [0.25, 0.3) is 0 Å². The maximum Gasteiger partial charge on any atom is 0.161 e. The van der Waals surface area contributed by atoms with Crippen LogP contribution in [0.5, 0.6) is 0 Å². The molecular formula is C11H18O2. The third kappa shape index (κ3) is 2.87. The first-order valence-corrected chi connectivity index (χ1v) is 4.97. The topological polar surface area (TPSA) is 26.3 Å². The highest BCUT2D eigenvalue weighted by molar-refractivity contribution is 5.95. The zero-order valence-corrected chi connectivity index (χ0v) is 8.72. The zero-order chi connectivity index (χ0) is 9.84. The maximum atomic E-state index is 11.3. The van der Waals surface area contributed by atoms with E-state index in [4.69, 9.17) is 4.74 Å². The highest BCUT2D eigenvalue weighted by atomic mass is 16.5. The van der Waals surface area contributed by atoms with E-state index in [0.29, 0.717) is 12.3 Å². The van der Waals surface area contributed by atoms with Crippen molar-refractivity contribution in [1.29, 1.82) is 0 Å². The minimum Gasteiger partial charge on any atom is -0.497 e. The molecule has 0 unspecified atom stereocenters. The zero-order valence-electron chi connectivity index (χ0n) is 8.72. The number of carbonyl (C=O) groups is 1. The SMILES string of the molecule is CC1=C(OCC(C)C)CCCC1=O. The molecule has 1 rings (SSSR count). The quantitative estimate of drug-likeness (QED) is 0.670. The number of allylic oxidation sites excluding steroid dienone is 2. The van der Waals surface area contributed by atoms with E-state index in [1.54, 1.807) is 0 Å². The van der Waals surface area contributed by atoms with Crippen molar-refractivity contribution in [2.45, 2.75) is 40.0 Å². The second-order valence-corrected chi connectivity index (χ2v) is 4.03. The van der Waals surface area contributed by atoms with Crippen LogP contribution in [0.2, 0.25) is 0 Å². The van der Waals surface area contributed by atoms with E-state index >= 15 is 0 Å². The first kappa shape index (κ1) is 10.3. The van der Waals surface area contributed by atoms with Crippen LogP contribution in [0.25, 0.3) is 0 Å². The van der Waals surface area contributed by atoms with E-state index in [1.165, 1.54) is 0 Å². The van der Waals surface area contributed by atoms with Gasteiger partial charge in [-0.1, -0.05) is 13.8 Å². The van der Waals surface area contributed by atoms with E-state index < -0.39 is 0 Å². The molecule has 0 aromatic heterocycles. The molecule has 0 atom stereocenters. The van der Waals surface area contributed by atoms with Gasteiger partial charge in [-0.05, 0) is 19.3 Å². The maximum absolute atomic E-state index is 11.3. The lowest BCUT2D eigenvalue weighted by Gasteiger charge is -2.18. The van der Waals surface area contributed by atoms with Crippen molar-refractivity contribution in [3.05, 3.63) is 11.3 Å². The van der Waals surface area contributed by atoms with Crippen LogP contribution in [0.4, 0.5) is 0 Å². The number of carbonyl (C=O) groups excluding carboxylic acids is 1. The van der Waals surface area contributed by atoms with E-state index in [2.05, 4.69) is 13.8 Å². The summed E-state index contributed by atoms with van der Waals surface area (Å²) in [5.41, 5.74) is 0.840. The molecule has 1 aliphatic rings. The standard InChI is InChI=1S/C11H18O2/c1-8(2)7-13-11-6-4-5-10(12)9(11)3/h8H,4-7H2,1-3H3. The van der Waals surface area contributed by atoms with E-state index in [1.807, 2.05) is 6.92 Å². The Morgan fingerprint density at radius 2 is 2.08 bits per heavy atom. The summed E-state index contributed by atoms with van der Waals surface area (Å²) < 4.78 is 5.59. The van der Waals surface area contributed by atoms with Gasteiger partial charge in [-0.3, -0.25) is 4.79 Å². The average Bonchev–Trinajstić information content (AvgIpc) is 2.07. The minimum absolute atomic E-state index is 0.255. The Bertz CT molecular complexity index is 226. The molecule has 2 heteroatoms. The number of ether oxygens (including phenoxy) is 1. The Morgan fingerprint density at radius 1 is 1.38 bits per heavy atom. The van der Waals surface area contributed by atoms with Crippen LogP contribution in [0.1, 0.15) is 40.0 Å². The summed E-state index contributed by atoms with van der Waals surface area (Å²) in [6, 6.07) is 0. The van der Waals surface area contributed by atoms with Gasteiger partial charge in [0.1, 0.15) is 5.76 Å². The van der Waals surface area contributed by atoms with Crippen molar-refractivity contribution >= 4 is 5.78 Å². The monoisotopic (exact) mass is 182 g/mol. The van der Waals surface area contributed by atoms with Crippen LogP contribution in [0, 0.1) is 5.92 Å². The summed E-state index contributed by atoms with van der Waals surface area (Å²) in [7, 11) is 0. The molecule has 1 aliphatic carbocycles. The summed E-state index contributed by atoms with van der Waals surface area (Å²) in [5, 5.41) is 0. The molecule has 0 aliphatic heterocycles. The third-order valence-electron chi connectivity index (χ3n) is 2.24. The number of hydrogen-bond acceptors (Lipinski definition) is 2. The van der Waals surface area contributed by atoms with Gasteiger partial charge in [-0.15, -0.1) is 0 Å². The largest absolute Gasteiger partial charge is 0.497 e. The van der Waals surface area contributed by atoms with Crippen LogP contribution >= 0.6 is 0 Å². The average molecular weight is 182 g/mol. The smallest absolute Gasteiger partial charge is 0.161 e.